The molecule has 3 N–H and O–H groups in total. The summed E-state index contributed by atoms with van der Waals surface area (Å²) in [5, 5.41) is 0. The van der Waals surface area contributed by atoms with Crippen LogP contribution < -0.4 is 10.5 Å². The minimum atomic E-state index is -3.40. The van der Waals surface area contributed by atoms with Crippen LogP contribution in [0.25, 0.3) is 0 Å². The van der Waals surface area contributed by atoms with Crippen molar-refractivity contribution in [2.24, 2.45) is 11.7 Å². The number of benzene rings is 1. The van der Waals surface area contributed by atoms with E-state index in [2.05, 4.69) is 18.6 Å². The number of nitrogens with one attached hydrogen (secondary N) is 1. The molecule has 0 radical (unpaired) electrons. The second kappa shape index (κ2) is 6.14. The molecule has 17 heavy (non-hydrogen) atoms. The van der Waals surface area contributed by atoms with Gasteiger partial charge < -0.3 is 5.73 Å². The van der Waals surface area contributed by atoms with E-state index in [1.165, 1.54) is 0 Å². The number of hydrogen-bond acceptors (Lipinski definition) is 3. The molecule has 0 saturated heterocycles. The number of rotatable bonds is 6. The summed E-state index contributed by atoms with van der Waals surface area (Å²) in [5.41, 5.74) is 6.42. The summed E-state index contributed by atoms with van der Waals surface area (Å²) in [6.07, 6.45) is 0.955. The van der Waals surface area contributed by atoms with Crippen molar-refractivity contribution in [3.05, 3.63) is 29.8 Å². The van der Waals surface area contributed by atoms with Crippen molar-refractivity contribution in [1.82, 2.24) is 4.72 Å². The molecule has 0 aliphatic carbocycles. The average molecular weight is 256 g/mol. The number of hydrogen-bond donors (Lipinski definition) is 2. The van der Waals surface area contributed by atoms with Gasteiger partial charge in [0.25, 0.3) is 0 Å². The first-order valence-electron chi connectivity index (χ1n) is 5.74. The first-order chi connectivity index (χ1) is 7.95. The molecular weight excluding hydrogens is 236 g/mol. The number of nitrogens with two attached hydrogens (primary N) is 1. The van der Waals surface area contributed by atoms with Gasteiger partial charge in [0, 0.05) is 13.1 Å². The minimum absolute atomic E-state index is 0.260. The summed E-state index contributed by atoms with van der Waals surface area (Å²) in [6, 6.07) is 6.99. The van der Waals surface area contributed by atoms with Crippen molar-refractivity contribution < 1.29 is 8.42 Å². The van der Waals surface area contributed by atoms with Gasteiger partial charge in [0.05, 0.1) is 4.90 Å². The summed E-state index contributed by atoms with van der Waals surface area (Å²) in [6.45, 7) is 4.82. The van der Waals surface area contributed by atoms with Crippen LogP contribution in [-0.4, -0.2) is 21.5 Å². The van der Waals surface area contributed by atoms with Gasteiger partial charge in [-0.05, 0) is 30.0 Å². The standard InChI is InChI=1S/C12H20N2O2S/c1-10(2)9-11-3-5-12(6-4-11)17(15,16)14-8-7-13/h3-6,10,14H,7-9,13H2,1-2H3. The summed E-state index contributed by atoms with van der Waals surface area (Å²) >= 11 is 0. The Balaban J connectivity index is 2.80. The van der Waals surface area contributed by atoms with Crippen LogP contribution in [0.3, 0.4) is 0 Å². The lowest BCUT2D eigenvalue weighted by molar-refractivity contribution is 0.582. The fourth-order valence-corrected chi connectivity index (χ4v) is 2.60. The van der Waals surface area contributed by atoms with Crippen LogP contribution in [0, 0.1) is 5.92 Å². The molecule has 0 saturated carbocycles. The molecule has 0 aliphatic rings. The average Bonchev–Trinajstić information content (AvgIpc) is 2.26. The Morgan fingerprint density at radius 1 is 1.24 bits per heavy atom. The highest BCUT2D eigenvalue weighted by atomic mass is 32.2. The molecule has 0 atom stereocenters. The van der Waals surface area contributed by atoms with Crippen LogP contribution >= 0.6 is 0 Å². The molecule has 1 aromatic rings. The molecule has 0 bridgehead atoms. The maximum Gasteiger partial charge on any atom is 0.240 e. The van der Waals surface area contributed by atoms with Gasteiger partial charge >= 0.3 is 0 Å². The second-order valence-corrected chi connectivity index (χ2v) is 6.20. The molecule has 0 amide bonds. The van der Waals surface area contributed by atoms with Crippen molar-refractivity contribution in [1.29, 1.82) is 0 Å². The Labute approximate surface area is 103 Å². The van der Waals surface area contributed by atoms with Crippen LogP contribution in [0.1, 0.15) is 19.4 Å². The first kappa shape index (κ1) is 14.2. The highest BCUT2D eigenvalue weighted by Crippen LogP contribution is 2.13. The van der Waals surface area contributed by atoms with Crippen molar-refractivity contribution in [3.8, 4) is 0 Å². The molecule has 1 aromatic carbocycles. The van der Waals surface area contributed by atoms with E-state index in [-0.39, 0.29) is 6.54 Å². The first-order valence-corrected chi connectivity index (χ1v) is 7.22. The van der Waals surface area contributed by atoms with E-state index in [1.807, 2.05) is 12.1 Å². The zero-order valence-electron chi connectivity index (χ0n) is 10.3. The molecule has 96 valence electrons. The summed E-state index contributed by atoms with van der Waals surface area (Å²) in [5.74, 6) is 0.563. The molecule has 0 unspecified atom stereocenters. The van der Waals surface area contributed by atoms with E-state index in [1.54, 1.807) is 12.1 Å². The van der Waals surface area contributed by atoms with Crippen molar-refractivity contribution in [2.75, 3.05) is 13.1 Å². The van der Waals surface area contributed by atoms with Crippen molar-refractivity contribution in [3.63, 3.8) is 0 Å². The molecule has 0 heterocycles. The summed E-state index contributed by atoms with van der Waals surface area (Å²) in [4.78, 5) is 0.290. The zero-order valence-corrected chi connectivity index (χ0v) is 11.1. The van der Waals surface area contributed by atoms with E-state index in [9.17, 15) is 8.42 Å². The molecule has 4 nitrogen and oxygen atoms in total. The van der Waals surface area contributed by atoms with E-state index in [0.29, 0.717) is 17.4 Å². The van der Waals surface area contributed by atoms with E-state index in [4.69, 9.17) is 5.73 Å². The zero-order chi connectivity index (χ0) is 12.9. The van der Waals surface area contributed by atoms with Crippen LogP contribution in [0.2, 0.25) is 0 Å². The third-order valence-electron chi connectivity index (χ3n) is 2.31. The highest BCUT2D eigenvalue weighted by molar-refractivity contribution is 7.89. The largest absolute Gasteiger partial charge is 0.329 e. The molecule has 5 heteroatoms. The molecular formula is C12H20N2O2S. The van der Waals surface area contributed by atoms with Crippen LogP contribution in [0.4, 0.5) is 0 Å². The van der Waals surface area contributed by atoms with E-state index in [0.717, 1.165) is 12.0 Å². The molecule has 1 rings (SSSR count). The molecule has 0 aliphatic heterocycles. The van der Waals surface area contributed by atoms with Gasteiger partial charge in [-0.15, -0.1) is 0 Å². The summed E-state index contributed by atoms with van der Waals surface area (Å²) in [7, 11) is -3.40. The van der Waals surface area contributed by atoms with E-state index < -0.39 is 10.0 Å². The monoisotopic (exact) mass is 256 g/mol. The van der Waals surface area contributed by atoms with Gasteiger partial charge in [0.15, 0.2) is 0 Å². The Kier molecular flexibility index (Phi) is 5.11. The van der Waals surface area contributed by atoms with Gasteiger partial charge in [0.1, 0.15) is 0 Å². The third-order valence-corrected chi connectivity index (χ3v) is 3.79. The fourth-order valence-electron chi connectivity index (χ4n) is 1.55. The normalized spacial score (nSPS) is 12.0. The van der Waals surface area contributed by atoms with Crippen LogP contribution in [0.5, 0.6) is 0 Å². The lowest BCUT2D eigenvalue weighted by atomic mass is 10.0. The van der Waals surface area contributed by atoms with Crippen molar-refractivity contribution in [2.45, 2.75) is 25.2 Å². The van der Waals surface area contributed by atoms with Crippen LogP contribution in [0.15, 0.2) is 29.2 Å². The van der Waals surface area contributed by atoms with Gasteiger partial charge in [-0.1, -0.05) is 26.0 Å². The molecule has 0 aromatic heterocycles. The predicted molar refractivity (Wildman–Crippen MR) is 69.2 cm³/mol. The third kappa shape index (κ3) is 4.46. The molecule has 0 fully saturated rings. The Hall–Kier alpha value is -0.910. The lowest BCUT2D eigenvalue weighted by Crippen LogP contribution is -2.29. The quantitative estimate of drug-likeness (QED) is 0.801. The Bertz CT molecular complexity index is 438. The Morgan fingerprint density at radius 3 is 2.29 bits per heavy atom. The van der Waals surface area contributed by atoms with Gasteiger partial charge in [0.2, 0.25) is 10.0 Å². The smallest absolute Gasteiger partial charge is 0.240 e. The maximum atomic E-state index is 11.8. The van der Waals surface area contributed by atoms with Gasteiger partial charge in [-0.2, -0.15) is 0 Å². The predicted octanol–water partition coefficient (Wildman–Crippen LogP) is 1.12. The number of sulfonamides is 1. The Morgan fingerprint density at radius 2 is 1.82 bits per heavy atom. The second-order valence-electron chi connectivity index (χ2n) is 4.43. The topological polar surface area (TPSA) is 72.2 Å². The SMILES string of the molecule is CC(C)Cc1ccc(S(=O)(=O)NCCN)cc1. The fraction of sp³-hybridized carbons (Fsp3) is 0.500. The lowest BCUT2D eigenvalue weighted by Gasteiger charge is -2.08. The minimum Gasteiger partial charge on any atom is -0.329 e. The van der Waals surface area contributed by atoms with Gasteiger partial charge in [-0.25, -0.2) is 13.1 Å². The van der Waals surface area contributed by atoms with Crippen LogP contribution in [-0.2, 0) is 16.4 Å². The maximum absolute atomic E-state index is 11.8. The highest BCUT2D eigenvalue weighted by Gasteiger charge is 2.12. The molecule has 0 spiro atoms. The summed E-state index contributed by atoms with van der Waals surface area (Å²) < 4.78 is 25.9. The van der Waals surface area contributed by atoms with Gasteiger partial charge in [-0.3, -0.25) is 0 Å². The van der Waals surface area contributed by atoms with E-state index >= 15 is 0 Å². The van der Waals surface area contributed by atoms with Crippen molar-refractivity contribution >= 4 is 10.0 Å².